The van der Waals surface area contributed by atoms with Crippen LogP contribution in [0.4, 0.5) is 0 Å². The fourth-order valence-electron chi connectivity index (χ4n) is 2.71. The van der Waals surface area contributed by atoms with Crippen molar-refractivity contribution in [3.8, 4) is 0 Å². The van der Waals surface area contributed by atoms with Gasteiger partial charge in [0.1, 0.15) is 6.04 Å². The second kappa shape index (κ2) is 5.08. The van der Waals surface area contributed by atoms with Gasteiger partial charge < -0.3 is 10.2 Å². The average molecular weight is 249 g/mol. The van der Waals surface area contributed by atoms with Crippen molar-refractivity contribution in [1.29, 1.82) is 0 Å². The number of carboxylic acid groups (broad SMARTS) is 1. The molecule has 0 radical (unpaired) electrons. The fourth-order valence-corrected chi connectivity index (χ4v) is 2.71. The van der Waals surface area contributed by atoms with Gasteiger partial charge in [-0.3, -0.25) is 9.69 Å². The van der Waals surface area contributed by atoms with Crippen molar-refractivity contribution in [3.63, 3.8) is 0 Å². The number of aryl methyl sites for hydroxylation is 2. The van der Waals surface area contributed by atoms with Gasteiger partial charge in [-0.1, -0.05) is 29.3 Å². The molecule has 4 heteroatoms. The van der Waals surface area contributed by atoms with Gasteiger partial charge >= 0.3 is 5.97 Å². The molecule has 2 rings (SSSR count). The van der Waals surface area contributed by atoms with Gasteiger partial charge in [0.25, 0.3) is 0 Å². The predicted octanol–water partition coefficient (Wildman–Crippen LogP) is 1.32. The third-order valence-electron chi connectivity index (χ3n) is 3.33. The van der Waals surface area contributed by atoms with Gasteiger partial charge in [-0.25, -0.2) is 0 Å². The number of β-amino-alcohol motifs (C(OH)–C–C–N with tert-alkyl or cyclic N) is 1. The van der Waals surface area contributed by atoms with Crippen molar-refractivity contribution >= 4 is 5.97 Å². The molecule has 98 valence electrons. The third-order valence-corrected chi connectivity index (χ3v) is 3.33. The molecule has 0 saturated carbocycles. The third kappa shape index (κ3) is 2.89. The van der Waals surface area contributed by atoms with Crippen molar-refractivity contribution < 1.29 is 15.0 Å². The van der Waals surface area contributed by atoms with Crippen LogP contribution < -0.4 is 0 Å². The van der Waals surface area contributed by atoms with E-state index in [1.54, 1.807) is 0 Å². The summed E-state index contributed by atoms with van der Waals surface area (Å²) in [6, 6.07) is 5.66. The number of nitrogens with zero attached hydrogens (tertiary/aromatic N) is 1. The first-order valence-electron chi connectivity index (χ1n) is 6.18. The maximum absolute atomic E-state index is 11.1. The highest BCUT2D eigenvalue weighted by molar-refractivity contribution is 5.74. The van der Waals surface area contributed by atoms with Crippen LogP contribution in [0.1, 0.15) is 23.1 Å². The molecule has 18 heavy (non-hydrogen) atoms. The minimum Gasteiger partial charge on any atom is -0.480 e. The first-order chi connectivity index (χ1) is 8.45. The van der Waals surface area contributed by atoms with Crippen molar-refractivity contribution in [2.45, 2.75) is 39.0 Å². The van der Waals surface area contributed by atoms with Crippen LogP contribution in [0.5, 0.6) is 0 Å². The van der Waals surface area contributed by atoms with Gasteiger partial charge in [-0.05, 0) is 19.4 Å². The molecule has 0 amide bonds. The maximum Gasteiger partial charge on any atom is 0.321 e. The minimum atomic E-state index is -0.851. The smallest absolute Gasteiger partial charge is 0.321 e. The van der Waals surface area contributed by atoms with Crippen LogP contribution in [0.25, 0.3) is 0 Å². The first-order valence-corrected chi connectivity index (χ1v) is 6.18. The van der Waals surface area contributed by atoms with E-state index in [1.165, 1.54) is 11.1 Å². The second-order valence-electron chi connectivity index (χ2n) is 5.17. The number of likely N-dealkylation sites (tertiary alicyclic amines) is 1. The van der Waals surface area contributed by atoms with Crippen LogP contribution in [0.15, 0.2) is 18.2 Å². The van der Waals surface area contributed by atoms with Crippen LogP contribution in [0.3, 0.4) is 0 Å². The quantitative estimate of drug-likeness (QED) is 0.848. The Hall–Kier alpha value is -1.39. The summed E-state index contributed by atoms with van der Waals surface area (Å²) in [5.41, 5.74) is 3.46. The van der Waals surface area contributed by atoms with Gasteiger partial charge in [0, 0.05) is 19.5 Å². The molecular formula is C14H19NO3. The zero-order chi connectivity index (χ0) is 13.3. The lowest BCUT2D eigenvalue weighted by Gasteiger charge is -2.21. The minimum absolute atomic E-state index is 0.320. The molecular weight excluding hydrogens is 230 g/mol. The molecule has 0 bridgehead atoms. The normalized spacial score (nSPS) is 24.4. The van der Waals surface area contributed by atoms with Gasteiger partial charge in [-0.2, -0.15) is 0 Å². The van der Waals surface area contributed by atoms with E-state index in [4.69, 9.17) is 5.11 Å². The Balaban J connectivity index is 2.14. The number of carboxylic acids is 1. The topological polar surface area (TPSA) is 60.8 Å². The molecule has 1 aliphatic rings. The summed E-state index contributed by atoms with van der Waals surface area (Å²) < 4.78 is 0. The van der Waals surface area contributed by atoms with E-state index in [-0.39, 0.29) is 0 Å². The van der Waals surface area contributed by atoms with Crippen LogP contribution in [-0.4, -0.2) is 39.8 Å². The lowest BCUT2D eigenvalue weighted by Crippen LogP contribution is -2.35. The Morgan fingerprint density at radius 3 is 2.50 bits per heavy atom. The number of aliphatic carboxylic acids is 1. The van der Waals surface area contributed by atoms with Gasteiger partial charge in [-0.15, -0.1) is 0 Å². The Morgan fingerprint density at radius 1 is 1.33 bits per heavy atom. The number of carbonyl (C=O) groups is 1. The van der Waals surface area contributed by atoms with Crippen LogP contribution in [0, 0.1) is 13.8 Å². The molecule has 0 aromatic heterocycles. The fraction of sp³-hybridized carbons (Fsp3) is 0.500. The Kier molecular flexibility index (Phi) is 3.68. The molecule has 0 unspecified atom stereocenters. The summed E-state index contributed by atoms with van der Waals surface area (Å²) in [5, 5.41) is 18.7. The summed E-state index contributed by atoms with van der Waals surface area (Å²) in [6.45, 7) is 5.08. The number of hydrogen-bond acceptors (Lipinski definition) is 3. The van der Waals surface area contributed by atoms with E-state index in [1.807, 2.05) is 18.7 Å². The van der Waals surface area contributed by atoms with Gasteiger partial charge in [0.15, 0.2) is 0 Å². The van der Waals surface area contributed by atoms with Crippen molar-refractivity contribution in [2.24, 2.45) is 0 Å². The van der Waals surface area contributed by atoms with Gasteiger partial charge in [0.05, 0.1) is 6.10 Å². The van der Waals surface area contributed by atoms with Crippen LogP contribution >= 0.6 is 0 Å². The maximum atomic E-state index is 11.1. The van der Waals surface area contributed by atoms with E-state index < -0.39 is 18.1 Å². The number of benzene rings is 1. The van der Waals surface area contributed by atoms with Crippen molar-refractivity contribution in [2.75, 3.05) is 6.54 Å². The molecule has 1 heterocycles. The Bertz CT molecular complexity index is 438. The number of aliphatic hydroxyl groups excluding tert-OH is 1. The molecule has 2 atom stereocenters. The summed E-state index contributed by atoms with van der Waals surface area (Å²) in [4.78, 5) is 13.0. The lowest BCUT2D eigenvalue weighted by atomic mass is 10.1. The molecule has 1 aromatic rings. The summed E-state index contributed by atoms with van der Waals surface area (Å²) in [7, 11) is 0. The molecule has 0 spiro atoms. The second-order valence-corrected chi connectivity index (χ2v) is 5.17. The molecule has 2 N–H and O–H groups in total. The SMILES string of the molecule is Cc1cc(C)cc(CN2C[C@@H](O)C[C@@H]2C(=O)O)c1. The largest absolute Gasteiger partial charge is 0.480 e. The summed E-state index contributed by atoms with van der Waals surface area (Å²) >= 11 is 0. The lowest BCUT2D eigenvalue weighted by molar-refractivity contribution is -0.142. The van der Waals surface area contributed by atoms with Crippen molar-refractivity contribution in [3.05, 3.63) is 34.9 Å². The molecule has 1 saturated heterocycles. The van der Waals surface area contributed by atoms with E-state index in [0.717, 1.165) is 5.56 Å². The number of hydrogen-bond donors (Lipinski definition) is 2. The molecule has 0 aliphatic carbocycles. The Labute approximate surface area is 107 Å². The summed E-state index contributed by atoms with van der Waals surface area (Å²) in [5.74, 6) is -0.851. The van der Waals surface area contributed by atoms with E-state index in [0.29, 0.717) is 19.5 Å². The average Bonchev–Trinajstić information content (AvgIpc) is 2.57. The zero-order valence-electron chi connectivity index (χ0n) is 10.8. The standard InChI is InChI=1S/C14H19NO3/c1-9-3-10(2)5-11(4-9)7-15-8-12(16)6-13(15)14(17)18/h3-5,12-13,16H,6-8H2,1-2H3,(H,17,18)/t12-,13+/m0/s1. The zero-order valence-corrected chi connectivity index (χ0v) is 10.8. The molecule has 1 aliphatic heterocycles. The highest BCUT2D eigenvalue weighted by atomic mass is 16.4. The Morgan fingerprint density at radius 2 is 1.94 bits per heavy atom. The highest BCUT2D eigenvalue weighted by Gasteiger charge is 2.35. The highest BCUT2D eigenvalue weighted by Crippen LogP contribution is 2.21. The first kappa shape index (κ1) is 13.1. The molecule has 4 nitrogen and oxygen atoms in total. The van der Waals surface area contributed by atoms with Crippen LogP contribution in [0.2, 0.25) is 0 Å². The number of rotatable bonds is 3. The van der Waals surface area contributed by atoms with Crippen molar-refractivity contribution in [1.82, 2.24) is 4.90 Å². The van der Waals surface area contributed by atoms with Gasteiger partial charge in [0.2, 0.25) is 0 Å². The summed E-state index contributed by atoms with van der Waals surface area (Å²) in [6.07, 6.45) is -0.211. The molecule has 1 aromatic carbocycles. The van der Waals surface area contributed by atoms with E-state index in [9.17, 15) is 9.90 Å². The van der Waals surface area contributed by atoms with E-state index in [2.05, 4.69) is 18.2 Å². The molecule has 1 fully saturated rings. The van der Waals surface area contributed by atoms with E-state index >= 15 is 0 Å². The number of aliphatic hydroxyl groups is 1. The predicted molar refractivity (Wildman–Crippen MR) is 68.4 cm³/mol. The monoisotopic (exact) mass is 249 g/mol. The van der Waals surface area contributed by atoms with Crippen LogP contribution in [-0.2, 0) is 11.3 Å².